The molecule has 7 nitrogen and oxygen atoms in total. The van der Waals surface area contributed by atoms with Crippen LogP contribution in [0.5, 0.6) is 0 Å². The van der Waals surface area contributed by atoms with Crippen LogP contribution < -0.4 is 4.31 Å². The summed E-state index contributed by atoms with van der Waals surface area (Å²) in [6.45, 7) is 5.64. The topological polar surface area (TPSA) is 90.8 Å². The van der Waals surface area contributed by atoms with Crippen LogP contribution in [0.1, 0.15) is 29.9 Å². The molecule has 0 atom stereocenters. The molecule has 1 aromatic rings. The van der Waals surface area contributed by atoms with E-state index in [1.54, 1.807) is 20.8 Å². The molecule has 0 saturated heterocycles. The Morgan fingerprint density at radius 1 is 1.37 bits per heavy atom. The number of aromatic carboxylic acids is 1. The number of anilines is 1. The number of nitrogens with zero attached hydrogens (tertiary/aromatic N) is 3. The van der Waals surface area contributed by atoms with Crippen molar-refractivity contribution < 1.29 is 18.3 Å². The molecule has 0 spiro atoms. The van der Waals surface area contributed by atoms with Crippen LogP contribution in [0.25, 0.3) is 0 Å². The van der Waals surface area contributed by atoms with E-state index in [0.717, 1.165) is 15.8 Å². The van der Waals surface area contributed by atoms with Crippen LogP contribution in [-0.2, 0) is 10.2 Å². The Kier molecular flexibility index (Phi) is 4.88. The maximum Gasteiger partial charge on any atom is 0.340 e. The van der Waals surface area contributed by atoms with Gasteiger partial charge in [-0.15, -0.1) is 0 Å². The third-order valence-corrected chi connectivity index (χ3v) is 5.90. The molecule has 0 aromatic carbocycles. The van der Waals surface area contributed by atoms with Gasteiger partial charge < -0.3 is 5.11 Å². The number of carboxylic acid groups (broad SMARTS) is 1. The minimum absolute atomic E-state index is 0.0665. The van der Waals surface area contributed by atoms with Crippen molar-refractivity contribution in [3.63, 3.8) is 0 Å². The van der Waals surface area contributed by atoms with Crippen molar-refractivity contribution in [3.05, 3.63) is 11.3 Å². The van der Waals surface area contributed by atoms with Gasteiger partial charge in [-0.2, -0.15) is 17.1 Å². The van der Waals surface area contributed by atoms with Crippen LogP contribution >= 0.6 is 11.5 Å². The highest BCUT2D eigenvalue weighted by Crippen LogP contribution is 2.30. The van der Waals surface area contributed by atoms with Crippen molar-refractivity contribution in [2.45, 2.75) is 20.8 Å². The summed E-state index contributed by atoms with van der Waals surface area (Å²) in [7, 11) is -2.38. The minimum atomic E-state index is -3.72. The average Bonchev–Trinajstić information content (AvgIpc) is 2.71. The largest absolute Gasteiger partial charge is 0.478 e. The molecule has 0 saturated carbocycles. The molecular weight excluding hydrogens is 290 g/mol. The zero-order chi connectivity index (χ0) is 14.8. The summed E-state index contributed by atoms with van der Waals surface area (Å²) < 4.78 is 30.8. The number of rotatable bonds is 6. The molecule has 1 heterocycles. The predicted octanol–water partition coefficient (Wildman–Crippen LogP) is 1.17. The summed E-state index contributed by atoms with van der Waals surface area (Å²) in [6, 6.07) is 0. The molecule has 1 N–H and O–H groups in total. The molecule has 19 heavy (non-hydrogen) atoms. The van der Waals surface area contributed by atoms with Gasteiger partial charge in [-0.1, -0.05) is 13.8 Å². The summed E-state index contributed by atoms with van der Waals surface area (Å²) in [5.74, 6) is -1.18. The van der Waals surface area contributed by atoms with Crippen LogP contribution in [0.4, 0.5) is 5.00 Å². The molecule has 0 aliphatic carbocycles. The van der Waals surface area contributed by atoms with Crippen LogP contribution in [-0.4, -0.2) is 48.3 Å². The van der Waals surface area contributed by atoms with E-state index in [2.05, 4.69) is 4.37 Å². The Labute approximate surface area is 116 Å². The number of carbonyl (C=O) groups is 1. The van der Waals surface area contributed by atoms with Crippen molar-refractivity contribution in [1.29, 1.82) is 0 Å². The summed E-state index contributed by atoms with van der Waals surface area (Å²) in [4.78, 5) is 11.2. The van der Waals surface area contributed by atoms with Crippen molar-refractivity contribution >= 4 is 32.7 Å². The van der Waals surface area contributed by atoms with Gasteiger partial charge in [-0.3, -0.25) is 0 Å². The van der Waals surface area contributed by atoms with Gasteiger partial charge >= 0.3 is 16.2 Å². The third kappa shape index (κ3) is 2.88. The van der Waals surface area contributed by atoms with E-state index in [4.69, 9.17) is 5.11 Å². The fourth-order valence-corrected chi connectivity index (χ4v) is 4.09. The van der Waals surface area contributed by atoms with Crippen LogP contribution in [0.2, 0.25) is 0 Å². The molecule has 0 amide bonds. The van der Waals surface area contributed by atoms with Gasteiger partial charge in [0.2, 0.25) is 0 Å². The van der Waals surface area contributed by atoms with Gasteiger partial charge in [0.1, 0.15) is 10.6 Å². The molecule has 1 rings (SSSR count). The molecule has 0 radical (unpaired) electrons. The lowest BCUT2D eigenvalue weighted by molar-refractivity contribution is 0.0697. The number of hydrogen-bond acceptors (Lipinski definition) is 5. The second-order valence-corrected chi connectivity index (χ2v) is 6.52. The third-order valence-electron chi connectivity index (χ3n) is 2.72. The predicted molar refractivity (Wildman–Crippen MR) is 74.1 cm³/mol. The quantitative estimate of drug-likeness (QED) is 0.852. The van der Waals surface area contributed by atoms with Crippen LogP contribution in [0, 0.1) is 6.92 Å². The monoisotopic (exact) mass is 307 g/mol. The normalized spacial score (nSPS) is 11.8. The van der Waals surface area contributed by atoms with Crippen LogP contribution in [0.3, 0.4) is 0 Å². The lowest BCUT2D eigenvalue weighted by atomic mass is 10.2. The van der Waals surface area contributed by atoms with Crippen molar-refractivity contribution in [3.8, 4) is 0 Å². The summed E-state index contributed by atoms with van der Waals surface area (Å²) >= 11 is 0.867. The van der Waals surface area contributed by atoms with Crippen LogP contribution in [0.15, 0.2) is 0 Å². The summed E-state index contributed by atoms with van der Waals surface area (Å²) in [5, 5.41) is 9.26. The zero-order valence-corrected chi connectivity index (χ0v) is 12.9. The first kappa shape index (κ1) is 15.9. The van der Waals surface area contributed by atoms with Gasteiger partial charge in [0, 0.05) is 20.1 Å². The highest BCUT2D eigenvalue weighted by molar-refractivity contribution is 7.90. The van der Waals surface area contributed by atoms with Gasteiger partial charge in [-0.25, -0.2) is 9.10 Å². The van der Waals surface area contributed by atoms with E-state index in [-0.39, 0.29) is 10.6 Å². The Hall–Kier alpha value is -1.19. The van der Waals surface area contributed by atoms with Gasteiger partial charge in [0.25, 0.3) is 0 Å². The fourth-order valence-electron chi connectivity index (χ4n) is 1.65. The highest BCUT2D eigenvalue weighted by Gasteiger charge is 2.30. The summed E-state index contributed by atoms with van der Waals surface area (Å²) in [6.07, 6.45) is 0. The Bertz CT molecular complexity index is 563. The molecule has 0 bridgehead atoms. The van der Waals surface area contributed by atoms with E-state index in [1.165, 1.54) is 11.4 Å². The molecular formula is C10H17N3O4S2. The van der Waals surface area contributed by atoms with Gasteiger partial charge in [0.15, 0.2) is 0 Å². The Morgan fingerprint density at radius 2 is 1.89 bits per heavy atom. The van der Waals surface area contributed by atoms with Crippen molar-refractivity contribution in [2.75, 3.05) is 24.4 Å². The van der Waals surface area contributed by atoms with E-state index in [1.807, 2.05) is 0 Å². The molecule has 0 aliphatic heterocycles. The highest BCUT2D eigenvalue weighted by atomic mass is 32.2. The first-order valence-electron chi connectivity index (χ1n) is 5.70. The molecule has 0 unspecified atom stereocenters. The van der Waals surface area contributed by atoms with E-state index >= 15 is 0 Å². The lowest BCUT2D eigenvalue weighted by Gasteiger charge is -2.25. The molecule has 0 fully saturated rings. The average molecular weight is 307 g/mol. The van der Waals surface area contributed by atoms with Crippen molar-refractivity contribution in [2.24, 2.45) is 0 Å². The lowest BCUT2D eigenvalue weighted by Crippen LogP contribution is -2.42. The second-order valence-electron chi connectivity index (χ2n) is 3.81. The number of aromatic nitrogens is 1. The zero-order valence-electron chi connectivity index (χ0n) is 11.2. The smallest absolute Gasteiger partial charge is 0.340 e. The number of aryl methyl sites for hydroxylation is 1. The molecule has 0 aliphatic rings. The van der Waals surface area contributed by atoms with E-state index in [9.17, 15) is 13.2 Å². The van der Waals surface area contributed by atoms with E-state index in [0.29, 0.717) is 18.8 Å². The SMILES string of the molecule is CCN(CC)S(=O)(=O)N(C)c1snc(C)c1C(=O)O. The molecule has 1 aromatic heterocycles. The standard InChI is InChI=1S/C10H17N3O4S2/c1-5-13(6-2)19(16,17)12(4)9-8(10(14)15)7(3)11-18-9/h5-6H2,1-4H3,(H,14,15). The maximum absolute atomic E-state index is 12.3. The van der Waals surface area contributed by atoms with Crippen molar-refractivity contribution in [1.82, 2.24) is 8.68 Å². The van der Waals surface area contributed by atoms with Gasteiger partial charge in [0.05, 0.1) is 5.69 Å². The maximum atomic E-state index is 12.3. The molecule has 108 valence electrons. The Balaban J connectivity index is 3.28. The Morgan fingerprint density at radius 3 is 2.32 bits per heavy atom. The molecule has 9 heteroatoms. The summed E-state index contributed by atoms with van der Waals surface area (Å²) in [5.41, 5.74) is 0.248. The number of carboxylic acids is 1. The van der Waals surface area contributed by atoms with E-state index < -0.39 is 16.2 Å². The first-order valence-corrected chi connectivity index (χ1v) is 7.87. The fraction of sp³-hybridized carbons (Fsp3) is 0.600. The van der Waals surface area contributed by atoms with Gasteiger partial charge in [-0.05, 0) is 18.5 Å². The first-order chi connectivity index (χ1) is 8.77. The number of hydrogen-bond donors (Lipinski definition) is 1. The minimum Gasteiger partial charge on any atom is -0.478 e. The second kappa shape index (κ2) is 5.85.